The third-order valence-electron chi connectivity index (χ3n) is 3.54. The van der Waals surface area contributed by atoms with E-state index in [0.29, 0.717) is 11.8 Å². The molecule has 0 unspecified atom stereocenters. The van der Waals surface area contributed by atoms with Gasteiger partial charge >= 0.3 is 0 Å². The van der Waals surface area contributed by atoms with Gasteiger partial charge in [0.25, 0.3) is 0 Å². The van der Waals surface area contributed by atoms with E-state index in [4.69, 9.17) is 0 Å². The SMILES string of the molecule is CC(C)(C)c1ccccc1NC(=O)CC(=O)Nc1ccc(F)cc1F. The highest BCUT2D eigenvalue weighted by Gasteiger charge is 2.19. The first-order valence-corrected chi connectivity index (χ1v) is 7.81. The Kier molecular flexibility index (Phi) is 5.51. The molecule has 0 heterocycles. The van der Waals surface area contributed by atoms with Gasteiger partial charge in [-0.25, -0.2) is 8.78 Å². The molecule has 0 radical (unpaired) electrons. The van der Waals surface area contributed by atoms with Gasteiger partial charge in [0.15, 0.2) is 0 Å². The average molecular weight is 346 g/mol. The minimum Gasteiger partial charge on any atom is -0.325 e. The van der Waals surface area contributed by atoms with Gasteiger partial charge < -0.3 is 10.6 Å². The highest BCUT2D eigenvalue weighted by molar-refractivity contribution is 6.08. The smallest absolute Gasteiger partial charge is 0.233 e. The summed E-state index contributed by atoms with van der Waals surface area (Å²) in [7, 11) is 0. The number of rotatable bonds is 4. The summed E-state index contributed by atoms with van der Waals surface area (Å²) in [6.45, 7) is 6.05. The number of nitrogens with one attached hydrogen (secondary N) is 2. The molecule has 0 aromatic heterocycles. The molecule has 0 aliphatic rings. The number of carbonyl (C=O) groups is 2. The molecule has 0 spiro atoms. The summed E-state index contributed by atoms with van der Waals surface area (Å²) in [4.78, 5) is 24.0. The maximum absolute atomic E-state index is 13.5. The van der Waals surface area contributed by atoms with Crippen molar-refractivity contribution in [2.24, 2.45) is 0 Å². The third kappa shape index (κ3) is 5.11. The van der Waals surface area contributed by atoms with Crippen molar-refractivity contribution in [3.05, 3.63) is 59.7 Å². The lowest BCUT2D eigenvalue weighted by Crippen LogP contribution is -2.23. The van der Waals surface area contributed by atoms with Gasteiger partial charge in [0, 0.05) is 11.8 Å². The normalized spacial score (nSPS) is 11.1. The van der Waals surface area contributed by atoms with Crippen LogP contribution in [-0.2, 0) is 15.0 Å². The zero-order valence-electron chi connectivity index (χ0n) is 14.3. The first-order chi connectivity index (χ1) is 11.7. The summed E-state index contributed by atoms with van der Waals surface area (Å²) >= 11 is 0. The molecule has 2 N–H and O–H groups in total. The summed E-state index contributed by atoms with van der Waals surface area (Å²) in [6.07, 6.45) is -0.477. The van der Waals surface area contributed by atoms with Crippen LogP contribution in [0.1, 0.15) is 32.8 Å². The molecule has 4 nitrogen and oxygen atoms in total. The average Bonchev–Trinajstić information content (AvgIpc) is 2.49. The fourth-order valence-corrected chi connectivity index (χ4v) is 2.37. The molecule has 0 aliphatic carbocycles. The van der Waals surface area contributed by atoms with Gasteiger partial charge in [-0.2, -0.15) is 0 Å². The Morgan fingerprint density at radius 3 is 2.12 bits per heavy atom. The Morgan fingerprint density at radius 2 is 1.52 bits per heavy atom. The summed E-state index contributed by atoms with van der Waals surface area (Å²) in [5.41, 5.74) is 1.21. The highest BCUT2D eigenvalue weighted by atomic mass is 19.1. The second-order valence-electron chi connectivity index (χ2n) is 6.69. The van der Waals surface area contributed by atoms with Crippen molar-refractivity contribution >= 4 is 23.2 Å². The van der Waals surface area contributed by atoms with Crippen LogP contribution in [-0.4, -0.2) is 11.8 Å². The van der Waals surface area contributed by atoms with Gasteiger partial charge in [0.2, 0.25) is 11.8 Å². The van der Waals surface area contributed by atoms with E-state index in [1.807, 2.05) is 32.9 Å². The molecule has 0 saturated carbocycles. The van der Waals surface area contributed by atoms with E-state index in [-0.39, 0.29) is 11.1 Å². The molecule has 6 heteroatoms. The molecule has 0 aliphatic heterocycles. The predicted molar refractivity (Wildman–Crippen MR) is 93.4 cm³/mol. The second kappa shape index (κ2) is 7.42. The number of carbonyl (C=O) groups excluding carboxylic acids is 2. The van der Waals surface area contributed by atoms with Crippen LogP contribution in [0.15, 0.2) is 42.5 Å². The lowest BCUT2D eigenvalue weighted by atomic mass is 9.86. The van der Waals surface area contributed by atoms with E-state index in [9.17, 15) is 18.4 Å². The van der Waals surface area contributed by atoms with E-state index < -0.39 is 29.9 Å². The summed E-state index contributed by atoms with van der Waals surface area (Å²) in [6, 6.07) is 10.1. The predicted octanol–water partition coefficient (Wildman–Crippen LogP) is 4.23. The fourth-order valence-electron chi connectivity index (χ4n) is 2.37. The number of anilines is 2. The maximum Gasteiger partial charge on any atom is 0.233 e. The van der Waals surface area contributed by atoms with Crippen LogP contribution in [0.4, 0.5) is 20.2 Å². The van der Waals surface area contributed by atoms with Gasteiger partial charge in [-0.1, -0.05) is 39.0 Å². The lowest BCUT2D eigenvalue weighted by Gasteiger charge is -2.23. The number of halogens is 2. The van der Waals surface area contributed by atoms with Crippen LogP contribution in [0, 0.1) is 11.6 Å². The van der Waals surface area contributed by atoms with Crippen LogP contribution >= 0.6 is 0 Å². The summed E-state index contributed by atoms with van der Waals surface area (Å²) < 4.78 is 26.4. The first-order valence-electron chi connectivity index (χ1n) is 7.81. The molecule has 132 valence electrons. The van der Waals surface area contributed by atoms with E-state index in [1.165, 1.54) is 0 Å². The largest absolute Gasteiger partial charge is 0.325 e. The number of para-hydroxylation sites is 1. The summed E-state index contributed by atoms with van der Waals surface area (Å²) in [5.74, 6) is -2.84. The van der Waals surface area contributed by atoms with Gasteiger partial charge in [-0.3, -0.25) is 9.59 Å². The zero-order valence-corrected chi connectivity index (χ0v) is 14.3. The Morgan fingerprint density at radius 1 is 0.920 bits per heavy atom. The van der Waals surface area contributed by atoms with Crippen molar-refractivity contribution in [2.45, 2.75) is 32.6 Å². The monoisotopic (exact) mass is 346 g/mol. The molecular weight excluding hydrogens is 326 g/mol. The first kappa shape index (κ1) is 18.6. The number of benzene rings is 2. The minimum absolute atomic E-state index is 0.172. The molecule has 2 aromatic rings. The van der Waals surface area contributed by atoms with Crippen LogP contribution in [0.3, 0.4) is 0 Å². The Bertz CT molecular complexity index is 798. The van der Waals surface area contributed by atoms with E-state index in [0.717, 1.165) is 17.7 Å². The molecule has 0 saturated heterocycles. The number of amides is 2. The van der Waals surface area contributed by atoms with Crippen LogP contribution in [0.5, 0.6) is 0 Å². The minimum atomic E-state index is -0.896. The molecule has 2 amide bonds. The fraction of sp³-hybridized carbons (Fsp3) is 0.263. The van der Waals surface area contributed by atoms with E-state index in [2.05, 4.69) is 10.6 Å². The Labute approximate surface area is 145 Å². The molecular formula is C19H20F2N2O2. The van der Waals surface area contributed by atoms with Crippen LogP contribution in [0.25, 0.3) is 0 Å². The summed E-state index contributed by atoms with van der Waals surface area (Å²) in [5, 5.41) is 4.96. The lowest BCUT2D eigenvalue weighted by molar-refractivity contribution is -0.123. The molecule has 2 aromatic carbocycles. The standard InChI is InChI=1S/C19H20F2N2O2/c1-19(2,3)13-6-4-5-7-15(13)22-17(24)11-18(25)23-16-9-8-12(20)10-14(16)21/h4-10H,11H2,1-3H3,(H,22,24)(H,23,25). The van der Waals surface area contributed by atoms with E-state index >= 15 is 0 Å². The van der Waals surface area contributed by atoms with Crippen LogP contribution < -0.4 is 10.6 Å². The van der Waals surface area contributed by atoms with Crippen molar-refractivity contribution in [1.29, 1.82) is 0 Å². The number of hydrogen-bond donors (Lipinski definition) is 2. The van der Waals surface area contributed by atoms with Crippen molar-refractivity contribution in [2.75, 3.05) is 10.6 Å². The maximum atomic E-state index is 13.5. The molecule has 0 bridgehead atoms. The molecule has 0 fully saturated rings. The molecule has 25 heavy (non-hydrogen) atoms. The van der Waals surface area contributed by atoms with Gasteiger partial charge in [-0.15, -0.1) is 0 Å². The topological polar surface area (TPSA) is 58.2 Å². The Hall–Kier alpha value is -2.76. The van der Waals surface area contributed by atoms with Crippen LogP contribution in [0.2, 0.25) is 0 Å². The van der Waals surface area contributed by atoms with E-state index in [1.54, 1.807) is 12.1 Å². The molecule has 2 rings (SSSR count). The quantitative estimate of drug-likeness (QED) is 0.814. The third-order valence-corrected chi connectivity index (χ3v) is 3.54. The Balaban J connectivity index is 2.02. The molecule has 0 atom stereocenters. The number of hydrogen-bond acceptors (Lipinski definition) is 2. The van der Waals surface area contributed by atoms with Gasteiger partial charge in [0.05, 0.1) is 5.69 Å². The van der Waals surface area contributed by atoms with Crippen molar-refractivity contribution in [3.63, 3.8) is 0 Å². The van der Waals surface area contributed by atoms with Crippen molar-refractivity contribution < 1.29 is 18.4 Å². The highest BCUT2D eigenvalue weighted by Crippen LogP contribution is 2.29. The van der Waals surface area contributed by atoms with Gasteiger partial charge in [-0.05, 0) is 29.2 Å². The second-order valence-corrected chi connectivity index (χ2v) is 6.69. The van der Waals surface area contributed by atoms with Crippen molar-refractivity contribution in [1.82, 2.24) is 0 Å². The van der Waals surface area contributed by atoms with Gasteiger partial charge in [0.1, 0.15) is 18.1 Å². The van der Waals surface area contributed by atoms with Crippen molar-refractivity contribution in [3.8, 4) is 0 Å². The zero-order chi connectivity index (χ0) is 18.6.